The Labute approximate surface area is 104 Å². The fourth-order valence-electron chi connectivity index (χ4n) is 2.22. The minimum absolute atomic E-state index is 0.810. The van der Waals surface area contributed by atoms with Gasteiger partial charge in [-0.1, -0.05) is 85.5 Å². The Hall–Kier alpha value is 0. The molecule has 0 aromatic heterocycles. The Morgan fingerprint density at radius 1 is 0.812 bits per heavy atom. The van der Waals surface area contributed by atoms with E-state index in [-0.39, 0.29) is 0 Å². The maximum absolute atomic E-state index is 2.59. The van der Waals surface area contributed by atoms with E-state index in [1.807, 2.05) is 0 Å². The predicted octanol–water partition coefficient (Wildman–Crippen LogP) is 6.01. The summed E-state index contributed by atoms with van der Waals surface area (Å²) in [5, 5.41) is 0. The Bertz CT molecular complexity index is 128. The molecule has 0 aliphatic heterocycles. The molecule has 0 fully saturated rings. The Morgan fingerprint density at radius 2 is 1.44 bits per heavy atom. The van der Waals surface area contributed by atoms with Crippen LogP contribution in [0.25, 0.3) is 0 Å². The molecule has 97 valence electrons. The zero-order valence-corrected chi connectivity index (χ0v) is 12.1. The molecule has 0 aromatic carbocycles. The van der Waals surface area contributed by atoms with Crippen molar-refractivity contribution in [2.45, 2.75) is 85.5 Å². The van der Waals surface area contributed by atoms with E-state index in [4.69, 9.17) is 0 Å². The van der Waals surface area contributed by atoms with Gasteiger partial charge in [0.25, 0.3) is 0 Å². The zero-order chi connectivity index (χ0) is 12.2. The molecule has 0 heteroatoms. The van der Waals surface area contributed by atoms with Crippen LogP contribution in [0.4, 0.5) is 0 Å². The first-order chi connectivity index (χ1) is 7.74. The molecule has 0 amide bonds. The van der Waals surface area contributed by atoms with Gasteiger partial charge in [0.05, 0.1) is 0 Å². The molecule has 1 radical (unpaired) electrons. The van der Waals surface area contributed by atoms with E-state index >= 15 is 0 Å². The van der Waals surface area contributed by atoms with Gasteiger partial charge < -0.3 is 0 Å². The molecule has 0 aliphatic rings. The summed E-state index contributed by atoms with van der Waals surface area (Å²) in [4.78, 5) is 0. The summed E-state index contributed by atoms with van der Waals surface area (Å²) in [5.74, 6) is 1.69. The summed E-state index contributed by atoms with van der Waals surface area (Å²) in [6.07, 6.45) is 15.2. The molecule has 0 aromatic rings. The second-order valence-corrected chi connectivity index (χ2v) is 5.30. The van der Waals surface area contributed by atoms with Gasteiger partial charge in [-0.15, -0.1) is 0 Å². The highest BCUT2D eigenvalue weighted by atomic mass is 14.2. The Kier molecular flexibility index (Phi) is 11.5. The second-order valence-electron chi connectivity index (χ2n) is 5.30. The number of hydrogen-bond acceptors (Lipinski definition) is 0. The molecule has 16 heavy (non-hydrogen) atoms. The minimum atomic E-state index is 0.810. The third-order valence-corrected chi connectivity index (χ3v) is 3.70. The van der Waals surface area contributed by atoms with Crippen LogP contribution >= 0.6 is 0 Å². The maximum Gasteiger partial charge on any atom is -0.0327 e. The summed E-state index contributed by atoms with van der Waals surface area (Å²) in [6.45, 7) is 9.26. The van der Waals surface area contributed by atoms with Crippen LogP contribution in [0.15, 0.2) is 0 Å². The summed E-state index contributed by atoms with van der Waals surface area (Å²) in [5.41, 5.74) is 0. The van der Waals surface area contributed by atoms with E-state index in [1.54, 1.807) is 0 Å². The van der Waals surface area contributed by atoms with Crippen LogP contribution in [-0.4, -0.2) is 0 Å². The van der Waals surface area contributed by atoms with Gasteiger partial charge in [-0.05, 0) is 18.3 Å². The predicted molar refractivity (Wildman–Crippen MR) is 75.5 cm³/mol. The van der Waals surface area contributed by atoms with Crippen molar-refractivity contribution in [2.75, 3.05) is 0 Å². The summed E-state index contributed by atoms with van der Waals surface area (Å²) < 4.78 is 0. The van der Waals surface area contributed by atoms with Gasteiger partial charge >= 0.3 is 0 Å². The fourth-order valence-corrected chi connectivity index (χ4v) is 2.22. The highest BCUT2D eigenvalue weighted by Gasteiger charge is 2.10. The van der Waals surface area contributed by atoms with E-state index in [9.17, 15) is 0 Å². The van der Waals surface area contributed by atoms with E-state index in [1.165, 1.54) is 57.8 Å². The van der Waals surface area contributed by atoms with Gasteiger partial charge in [-0.3, -0.25) is 0 Å². The van der Waals surface area contributed by atoms with Gasteiger partial charge in [-0.2, -0.15) is 0 Å². The van der Waals surface area contributed by atoms with Crippen LogP contribution in [-0.2, 0) is 0 Å². The van der Waals surface area contributed by atoms with Gasteiger partial charge in [0, 0.05) is 0 Å². The maximum atomic E-state index is 2.59. The lowest BCUT2D eigenvalue weighted by molar-refractivity contribution is 0.437. The van der Waals surface area contributed by atoms with Crippen molar-refractivity contribution in [3.63, 3.8) is 0 Å². The van der Waals surface area contributed by atoms with Gasteiger partial charge in [0.15, 0.2) is 0 Å². The molecule has 0 nitrogen and oxygen atoms in total. The Morgan fingerprint density at radius 3 is 2.00 bits per heavy atom. The molecule has 2 unspecified atom stereocenters. The third kappa shape index (κ3) is 9.24. The summed E-state index contributed by atoms with van der Waals surface area (Å²) in [7, 11) is 0. The van der Waals surface area contributed by atoms with Gasteiger partial charge in [0.1, 0.15) is 0 Å². The second kappa shape index (κ2) is 11.5. The zero-order valence-electron chi connectivity index (χ0n) is 12.1. The molecular weight excluding hydrogens is 192 g/mol. The number of hydrogen-bond donors (Lipinski definition) is 0. The van der Waals surface area contributed by atoms with E-state index in [0.717, 1.165) is 11.8 Å². The SMILES string of the molecule is CCCCCCCCC([CH]C(C)CC)CC. The minimum Gasteiger partial charge on any atom is -0.0654 e. The molecule has 0 saturated carbocycles. The van der Waals surface area contributed by atoms with Crippen LogP contribution in [0, 0.1) is 18.3 Å². The quantitative estimate of drug-likeness (QED) is 0.377. The van der Waals surface area contributed by atoms with Crippen molar-refractivity contribution in [3.8, 4) is 0 Å². The van der Waals surface area contributed by atoms with Crippen LogP contribution in [0.2, 0.25) is 0 Å². The Balaban J connectivity index is 3.40. The van der Waals surface area contributed by atoms with E-state index in [2.05, 4.69) is 34.1 Å². The molecule has 0 rings (SSSR count). The van der Waals surface area contributed by atoms with Gasteiger partial charge in [-0.25, -0.2) is 0 Å². The third-order valence-electron chi connectivity index (χ3n) is 3.70. The highest BCUT2D eigenvalue weighted by Crippen LogP contribution is 2.22. The lowest BCUT2D eigenvalue weighted by Gasteiger charge is -2.18. The van der Waals surface area contributed by atoms with Crippen LogP contribution in [0.5, 0.6) is 0 Å². The van der Waals surface area contributed by atoms with E-state index in [0.29, 0.717) is 0 Å². The molecule has 0 heterocycles. The van der Waals surface area contributed by atoms with Crippen LogP contribution in [0.3, 0.4) is 0 Å². The topological polar surface area (TPSA) is 0 Å². The monoisotopic (exact) mass is 225 g/mol. The van der Waals surface area contributed by atoms with Crippen molar-refractivity contribution in [1.82, 2.24) is 0 Å². The highest BCUT2D eigenvalue weighted by molar-refractivity contribution is 4.79. The van der Waals surface area contributed by atoms with Crippen molar-refractivity contribution in [2.24, 2.45) is 11.8 Å². The average Bonchev–Trinajstić information content (AvgIpc) is 2.31. The lowest BCUT2D eigenvalue weighted by Crippen LogP contribution is -2.06. The van der Waals surface area contributed by atoms with E-state index < -0.39 is 0 Å². The average molecular weight is 225 g/mol. The number of unbranched alkanes of at least 4 members (excludes halogenated alkanes) is 5. The van der Waals surface area contributed by atoms with Crippen LogP contribution < -0.4 is 0 Å². The molecule has 0 spiro atoms. The first-order valence-corrected chi connectivity index (χ1v) is 7.59. The van der Waals surface area contributed by atoms with Gasteiger partial charge in [0.2, 0.25) is 0 Å². The van der Waals surface area contributed by atoms with Crippen molar-refractivity contribution in [1.29, 1.82) is 0 Å². The smallest absolute Gasteiger partial charge is 0.0327 e. The molecule has 0 aliphatic carbocycles. The number of rotatable bonds is 11. The molecular formula is C16H33. The van der Waals surface area contributed by atoms with Crippen LogP contribution in [0.1, 0.15) is 85.5 Å². The molecule has 0 saturated heterocycles. The molecule has 0 N–H and O–H groups in total. The summed E-state index contributed by atoms with van der Waals surface area (Å²) >= 11 is 0. The van der Waals surface area contributed by atoms with Crippen molar-refractivity contribution < 1.29 is 0 Å². The first-order valence-electron chi connectivity index (χ1n) is 7.59. The first kappa shape index (κ1) is 16.0. The standard InChI is InChI=1S/C16H33/c1-5-8-9-10-11-12-13-16(7-3)14-15(4)6-2/h14-16H,5-13H2,1-4H3. The molecule has 0 bridgehead atoms. The van der Waals surface area contributed by atoms with Crippen molar-refractivity contribution >= 4 is 0 Å². The summed E-state index contributed by atoms with van der Waals surface area (Å²) in [6, 6.07) is 0. The molecule has 2 atom stereocenters. The van der Waals surface area contributed by atoms with Crippen molar-refractivity contribution in [3.05, 3.63) is 6.42 Å². The fraction of sp³-hybridized carbons (Fsp3) is 0.938. The normalized spacial score (nSPS) is 15.0. The largest absolute Gasteiger partial charge is 0.0654 e. The lowest BCUT2D eigenvalue weighted by atomic mass is 9.88.